The van der Waals surface area contributed by atoms with Crippen LogP contribution in [0.1, 0.15) is 4.88 Å². The third kappa shape index (κ3) is 4.39. The molecule has 2 aromatic heterocycles. The normalized spacial score (nSPS) is 15.6. The van der Waals surface area contributed by atoms with E-state index >= 15 is 0 Å². The Hall–Kier alpha value is -2.01. The Kier molecular flexibility index (Phi) is 5.87. The zero-order chi connectivity index (χ0) is 18.6. The van der Waals surface area contributed by atoms with Gasteiger partial charge in [-0.1, -0.05) is 0 Å². The fourth-order valence-electron chi connectivity index (χ4n) is 2.44. The molecular formula is C16H19N3O5S2. The van der Waals surface area contributed by atoms with Crippen molar-refractivity contribution in [3.8, 4) is 5.88 Å². The molecule has 2 aromatic rings. The first-order valence-electron chi connectivity index (χ1n) is 7.95. The van der Waals surface area contributed by atoms with Gasteiger partial charge in [0.25, 0.3) is 10.0 Å². The summed E-state index contributed by atoms with van der Waals surface area (Å²) < 4.78 is 37.0. The lowest BCUT2D eigenvalue weighted by Gasteiger charge is -2.25. The fourth-order valence-corrected chi connectivity index (χ4v) is 5.36. The number of thiophene rings is 1. The molecule has 1 aliphatic rings. The van der Waals surface area contributed by atoms with E-state index in [4.69, 9.17) is 9.47 Å². The van der Waals surface area contributed by atoms with E-state index in [2.05, 4.69) is 10.3 Å². The van der Waals surface area contributed by atoms with Crippen LogP contribution in [0.3, 0.4) is 0 Å². The molecule has 1 saturated heterocycles. The summed E-state index contributed by atoms with van der Waals surface area (Å²) in [4.78, 5) is 16.8. The van der Waals surface area contributed by atoms with Crippen LogP contribution in [-0.2, 0) is 26.0 Å². The first kappa shape index (κ1) is 18.8. The van der Waals surface area contributed by atoms with Crippen molar-refractivity contribution in [2.45, 2.75) is 10.6 Å². The maximum absolute atomic E-state index is 12.6. The second-order valence-corrected chi connectivity index (χ2v) is 8.88. The van der Waals surface area contributed by atoms with Crippen molar-refractivity contribution in [1.29, 1.82) is 0 Å². The molecule has 0 saturated carbocycles. The first-order valence-corrected chi connectivity index (χ1v) is 10.2. The van der Waals surface area contributed by atoms with Crippen LogP contribution in [0.5, 0.6) is 5.88 Å². The molecule has 0 radical (unpaired) electrons. The van der Waals surface area contributed by atoms with E-state index in [9.17, 15) is 13.2 Å². The van der Waals surface area contributed by atoms with Crippen LogP contribution >= 0.6 is 11.3 Å². The molecular weight excluding hydrogens is 378 g/mol. The van der Waals surface area contributed by atoms with Crippen molar-refractivity contribution in [2.24, 2.45) is 0 Å². The van der Waals surface area contributed by atoms with Gasteiger partial charge >= 0.3 is 0 Å². The maximum Gasteiger partial charge on any atom is 0.252 e. The topological polar surface area (TPSA) is 97.8 Å². The molecule has 26 heavy (non-hydrogen) atoms. The highest BCUT2D eigenvalue weighted by Crippen LogP contribution is 2.26. The number of amides is 1. The molecule has 0 unspecified atom stereocenters. The SMILES string of the molecule is COc1ccc(NC(=O)Cc2ccc(S(=O)(=O)N3CCOCC3)s2)cn1. The molecule has 10 heteroatoms. The van der Waals surface area contributed by atoms with Gasteiger partial charge in [0.1, 0.15) is 4.21 Å². The summed E-state index contributed by atoms with van der Waals surface area (Å²) >= 11 is 1.11. The van der Waals surface area contributed by atoms with Gasteiger partial charge in [-0.05, 0) is 18.2 Å². The highest BCUT2D eigenvalue weighted by molar-refractivity contribution is 7.91. The molecule has 1 amide bonds. The van der Waals surface area contributed by atoms with Crippen LogP contribution in [0, 0.1) is 0 Å². The number of anilines is 1. The minimum Gasteiger partial charge on any atom is -0.481 e. The number of morpholine rings is 1. The number of carbonyl (C=O) groups excluding carboxylic acids is 1. The number of pyridine rings is 1. The molecule has 140 valence electrons. The molecule has 3 heterocycles. The molecule has 1 N–H and O–H groups in total. The Balaban J connectivity index is 1.62. The number of nitrogens with zero attached hydrogens (tertiary/aromatic N) is 2. The summed E-state index contributed by atoms with van der Waals surface area (Å²) in [5.41, 5.74) is 0.550. The van der Waals surface area contributed by atoms with Crippen LogP contribution < -0.4 is 10.1 Å². The van der Waals surface area contributed by atoms with E-state index in [1.54, 1.807) is 24.3 Å². The predicted molar refractivity (Wildman–Crippen MR) is 97.0 cm³/mol. The fraction of sp³-hybridized carbons (Fsp3) is 0.375. The Morgan fingerprint density at radius 1 is 1.31 bits per heavy atom. The third-order valence-corrected chi connectivity index (χ3v) is 7.22. The minimum atomic E-state index is -3.53. The van der Waals surface area contributed by atoms with Crippen molar-refractivity contribution in [1.82, 2.24) is 9.29 Å². The van der Waals surface area contributed by atoms with Gasteiger partial charge in [-0.15, -0.1) is 11.3 Å². The lowest BCUT2D eigenvalue weighted by Crippen LogP contribution is -2.40. The second-order valence-electron chi connectivity index (χ2n) is 5.55. The summed E-state index contributed by atoms with van der Waals surface area (Å²) in [6.45, 7) is 1.49. The summed E-state index contributed by atoms with van der Waals surface area (Å²) in [5.74, 6) is 0.216. The molecule has 0 spiro atoms. The van der Waals surface area contributed by atoms with E-state index in [1.807, 2.05) is 0 Å². The van der Waals surface area contributed by atoms with Gasteiger partial charge in [-0.2, -0.15) is 4.31 Å². The van der Waals surface area contributed by atoms with E-state index in [1.165, 1.54) is 17.6 Å². The highest BCUT2D eigenvalue weighted by atomic mass is 32.2. The Morgan fingerprint density at radius 2 is 2.08 bits per heavy atom. The van der Waals surface area contributed by atoms with Gasteiger partial charge in [0, 0.05) is 24.0 Å². The van der Waals surface area contributed by atoms with Gasteiger partial charge in [-0.25, -0.2) is 13.4 Å². The van der Waals surface area contributed by atoms with Crippen LogP contribution in [0.25, 0.3) is 0 Å². The quantitative estimate of drug-likeness (QED) is 0.790. The number of sulfonamides is 1. The maximum atomic E-state index is 12.6. The predicted octanol–water partition coefficient (Wildman–Crippen LogP) is 1.35. The van der Waals surface area contributed by atoms with Gasteiger partial charge in [0.15, 0.2) is 0 Å². The first-order chi connectivity index (χ1) is 12.5. The minimum absolute atomic E-state index is 0.0926. The summed E-state index contributed by atoms with van der Waals surface area (Å²) in [7, 11) is -2.01. The number of hydrogen-bond acceptors (Lipinski definition) is 7. The lowest BCUT2D eigenvalue weighted by atomic mass is 10.3. The van der Waals surface area contributed by atoms with Gasteiger partial charge in [0.05, 0.1) is 38.6 Å². The number of ether oxygens (including phenoxy) is 2. The third-order valence-electron chi connectivity index (χ3n) is 3.77. The summed E-state index contributed by atoms with van der Waals surface area (Å²) in [6.07, 6.45) is 1.59. The van der Waals surface area contributed by atoms with Crippen molar-refractivity contribution < 1.29 is 22.7 Å². The highest BCUT2D eigenvalue weighted by Gasteiger charge is 2.27. The van der Waals surface area contributed by atoms with E-state index in [0.717, 1.165) is 11.3 Å². The number of aromatic nitrogens is 1. The zero-order valence-corrected chi connectivity index (χ0v) is 15.8. The molecule has 3 rings (SSSR count). The number of methoxy groups -OCH3 is 1. The second kappa shape index (κ2) is 8.12. The molecule has 0 atom stereocenters. The molecule has 1 fully saturated rings. The standard InChI is InChI=1S/C16H19N3O5S2/c1-23-15-4-2-12(11-17-15)18-14(20)10-13-3-5-16(25-13)26(21,22)19-6-8-24-9-7-19/h2-5,11H,6-10H2,1H3,(H,18,20). The largest absolute Gasteiger partial charge is 0.481 e. The van der Waals surface area contributed by atoms with Crippen LogP contribution in [0.2, 0.25) is 0 Å². The Labute approximate surface area is 155 Å². The van der Waals surface area contributed by atoms with Crippen molar-refractivity contribution in [3.63, 3.8) is 0 Å². The van der Waals surface area contributed by atoms with E-state index < -0.39 is 10.0 Å². The van der Waals surface area contributed by atoms with Gasteiger partial charge in [0.2, 0.25) is 11.8 Å². The molecule has 0 aromatic carbocycles. The van der Waals surface area contributed by atoms with Crippen LogP contribution in [0.4, 0.5) is 5.69 Å². The van der Waals surface area contributed by atoms with Crippen molar-refractivity contribution in [2.75, 3.05) is 38.7 Å². The average molecular weight is 397 g/mol. The van der Waals surface area contributed by atoms with E-state index in [0.29, 0.717) is 42.7 Å². The van der Waals surface area contributed by atoms with Crippen LogP contribution in [-0.4, -0.2) is 57.0 Å². The van der Waals surface area contributed by atoms with Crippen molar-refractivity contribution in [3.05, 3.63) is 35.3 Å². The van der Waals surface area contributed by atoms with Crippen LogP contribution in [0.15, 0.2) is 34.7 Å². The molecule has 0 bridgehead atoms. The molecule has 8 nitrogen and oxygen atoms in total. The number of hydrogen-bond donors (Lipinski definition) is 1. The summed E-state index contributed by atoms with van der Waals surface area (Å²) in [5, 5.41) is 2.73. The summed E-state index contributed by atoms with van der Waals surface area (Å²) in [6, 6.07) is 6.55. The molecule has 0 aliphatic carbocycles. The Bertz CT molecular complexity index is 858. The smallest absolute Gasteiger partial charge is 0.252 e. The van der Waals surface area contributed by atoms with Gasteiger partial charge in [-0.3, -0.25) is 4.79 Å². The number of nitrogens with one attached hydrogen (secondary N) is 1. The zero-order valence-electron chi connectivity index (χ0n) is 14.2. The Morgan fingerprint density at radius 3 is 2.73 bits per heavy atom. The molecule has 1 aliphatic heterocycles. The number of rotatable bonds is 6. The van der Waals surface area contributed by atoms with Gasteiger partial charge < -0.3 is 14.8 Å². The van der Waals surface area contributed by atoms with E-state index in [-0.39, 0.29) is 16.5 Å². The monoisotopic (exact) mass is 397 g/mol. The van der Waals surface area contributed by atoms with Crippen molar-refractivity contribution >= 4 is 33.0 Å². The lowest BCUT2D eigenvalue weighted by molar-refractivity contribution is -0.115. The average Bonchev–Trinajstić information content (AvgIpc) is 3.12. The number of carbonyl (C=O) groups is 1.